The molecule has 1 aromatic heterocycles. The summed E-state index contributed by atoms with van der Waals surface area (Å²) >= 11 is 1.70. The molecule has 0 aliphatic carbocycles. The van der Waals surface area contributed by atoms with Crippen LogP contribution >= 0.6 is 11.3 Å². The maximum atomic E-state index is 12.5. The molecule has 8 heteroatoms. The van der Waals surface area contributed by atoms with E-state index in [1.54, 1.807) is 16.2 Å². The first-order chi connectivity index (χ1) is 17.6. The van der Waals surface area contributed by atoms with Crippen LogP contribution in [0.2, 0.25) is 25.7 Å². The van der Waals surface area contributed by atoms with Crippen LogP contribution in [-0.2, 0) is 11.2 Å². The molecule has 0 saturated carbocycles. The predicted molar refractivity (Wildman–Crippen MR) is 158 cm³/mol. The van der Waals surface area contributed by atoms with E-state index in [-0.39, 0.29) is 12.2 Å². The van der Waals surface area contributed by atoms with Crippen LogP contribution in [-0.4, -0.2) is 88.8 Å². The number of nitrogens with zero attached hydrogens (tertiary/aromatic N) is 3. The Hall–Kier alpha value is -1.87. The molecule has 2 aromatic rings. The standard InChI is InChI=1S/C29H47N3O3SSi/c1-24-22-30(2)17-18-32(23-24)16-13-25-10-7-8-11-26(25)35-27(28-12-9-20-36-28)14-15-31(3)29(33)34-19-21-37(4,5)6/h7-12,20,24,27H,13-19,21-23H2,1-6H3/t24?,27-/m1/s1. The molecule has 2 heterocycles. The lowest BCUT2D eigenvalue weighted by atomic mass is 10.1. The second-order valence-corrected chi connectivity index (χ2v) is 18.4. The average Bonchev–Trinajstić information content (AvgIpc) is 3.32. The Morgan fingerprint density at radius 2 is 1.95 bits per heavy atom. The summed E-state index contributed by atoms with van der Waals surface area (Å²) in [5, 5.41) is 2.09. The molecule has 0 radical (unpaired) electrons. The van der Waals surface area contributed by atoms with E-state index in [4.69, 9.17) is 9.47 Å². The van der Waals surface area contributed by atoms with Gasteiger partial charge in [0.15, 0.2) is 0 Å². The van der Waals surface area contributed by atoms with Gasteiger partial charge in [-0.05, 0) is 48.5 Å². The highest BCUT2D eigenvalue weighted by Crippen LogP contribution is 2.31. The van der Waals surface area contributed by atoms with E-state index < -0.39 is 8.07 Å². The fraction of sp³-hybridized carbons (Fsp3) is 0.621. The lowest BCUT2D eigenvalue weighted by Crippen LogP contribution is -2.32. The SMILES string of the molecule is CC1CN(C)CCN(CCc2ccccc2O[C@H](CCN(C)C(=O)OCC[Si](C)(C)C)c2cccs2)C1. The van der Waals surface area contributed by atoms with Crippen LogP contribution in [0.1, 0.15) is 29.9 Å². The van der Waals surface area contributed by atoms with Gasteiger partial charge in [-0.2, -0.15) is 0 Å². The number of para-hydroxylation sites is 1. The van der Waals surface area contributed by atoms with Crippen molar-refractivity contribution in [3.05, 3.63) is 52.2 Å². The lowest BCUT2D eigenvalue weighted by Gasteiger charge is -2.25. The Balaban J connectivity index is 1.59. The summed E-state index contributed by atoms with van der Waals surface area (Å²) in [6.07, 6.45) is 1.32. The third-order valence-corrected chi connectivity index (χ3v) is 9.58. The third-order valence-electron chi connectivity index (χ3n) is 6.91. The first-order valence-corrected chi connectivity index (χ1v) is 18.3. The second kappa shape index (κ2) is 14.3. The van der Waals surface area contributed by atoms with E-state index in [9.17, 15) is 4.79 Å². The number of likely N-dealkylation sites (N-methyl/N-ethyl adjacent to an activating group) is 1. The molecule has 2 atom stereocenters. The molecule has 0 spiro atoms. The van der Waals surface area contributed by atoms with Gasteiger partial charge in [-0.15, -0.1) is 11.3 Å². The van der Waals surface area contributed by atoms with Crippen LogP contribution < -0.4 is 4.74 Å². The van der Waals surface area contributed by atoms with Crippen molar-refractivity contribution < 1.29 is 14.3 Å². The van der Waals surface area contributed by atoms with E-state index in [2.05, 4.69) is 85.2 Å². The summed E-state index contributed by atoms with van der Waals surface area (Å²) in [6, 6.07) is 13.6. The van der Waals surface area contributed by atoms with E-state index in [1.807, 2.05) is 7.05 Å². The van der Waals surface area contributed by atoms with Crippen LogP contribution in [0.15, 0.2) is 41.8 Å². The fourth-order valence-corrected chi connectivity index (χ4v) is 6.18. The Kier molecular flexibility index (Phi) is 11.5. The Labute approximate surface area is 229 Å². The van der Waals surface area contributed by atoms with Gasteiger partial charge in [-0.1, -0.05) is 50.8 Å². The van der Waals surface area contributed by atoms with Crippen molar-refractivity contribution in [3.8, 4) is 5.75 Å². The minimum atomic E-state index is -1.23. The molecular formula is C29H47N3O3SSi. The van der Waals surface area contributed by atoms with Crippen LogP contribution in [0.25, 0.3) is 0 Å². The van der Waals surface area contributed by atoms with Gasteiger partial charge in [-0.25, -0.2) is 4.79 Å². The highest BCUT2D eigenvalue weighted by Gasteiger charge is 2.21. The number of amides is 1. The summed E-state index contributed by atoms with van der Waals surface area (Å²) in [6.45, 7) is 15.9. The monoisotopic (exact) mass is 545 g/mol. The molecule has 206 valence electrons. The summed E-state index contributed by atoms with van der Waals surface area (Å²) in [5.41, 5.74) is 1.24. The molecule has 0 bridgehead atoms. The molecule has 37 heavy (non-hydrogen) atoms. The van der Waals surface area contributed by atoms with Crippen LogP contribution in [0.4, 0.5) is 4.79 Å². The van der Waals surface area contributed by atoms with E-state index in [0.717, 1.165) is 44.4 Å². The third kappa shape index (κ3) is 10.4. The largest absolute Gasteiger partial charge is 0.485 e. The van der Waals surface area contributed by atoms with Crippen molar-refractivity contribution in [2.24, 2.45) is 5.92 Å². The van der Waals surface area contributed by atoms with Gasteiger partial charge < -0.3 is 24.2 Å². The number of thiophene rings is 1. The molecular weight excluding hydrogens is 498 g/mol. The average molecular weight is 546 g/mol. The first-order valence-electron chi connectivity index (χ1n) is 13.7. The number of hydrogen-bond donors (Lipinski definition) is 0. The van der Waals surface area contributed by atoms with Crippen molar-refractivity contribution in [2.45, 2.75) is 51.6 Å². The predicted octanol–water partition coefficient (Wildman–Crippen LogP) is 6.09. The van der Waals surface area contributed by atoms with Gasteiger partial charge in [0, 0.05) is 65.7 Å². The molecule has 1 aliphatic heterocycles. The summed E-state index contributed by atoms with van der Waals surface area (Å²) in [4.78, 5) is 20.4. The minimum Gasteiger partial charge on any atom is -0.485 e. The zero-order valence-electron chi connectivity index (χ0n) is 23.7. The van der Waals surface area contributed by atoms with E-state index in [1.165, 1.54) is 17.0 Å². The molecule has 1 amide bonds. The molecule has 1 aromatic carbocycles. The Morgan fingerprint density at radius 3 is 2.68 bits per heavy atom. The van der Waals surface area contributed by atoms with Crippen LogP contribution in [0.3, 0.4) is 0 Å². The summed E-state index contributed by atoms with van der Waals surface area (Å²) in [5.74, 6) is 1.63. The van der Waals surface area contributed by atoms with Crippen molar-refractivity contribution in [2.75, 3.05) is 60.0 Å². The van der Waals surface area contributed by atoms with Gasteiger partial charge in [0.2, 0.25) is 0 Å². The second-order valence-electron chi connectivity index (χ2n) is 11.8. The zero-order valence-corrected chi connectivity index (χ0v) is 25.6. The van der Waals surface area contributed by atoms with Gasteiger partial charge in [-0.3, -0.25) is 0 Å². The maximum absolute atomic E-state index is 12.5. The number of carbonyl (C=O) groups excluding carboxylic acids is 1. The van der Waals surface area contributed by atoms with Crippen molar-refractivity contribution in [1.29, 1.82) is 0 Å². The number of benzene rings is 1. The molecule has 1 saturated heterocycles. The lowest BCUT2D eigenvalue weighted by molar-refractivity contribution is 0.108. The minimum absolute atomic E-state index is 0.106. The van der Waals surface area contributed by atoms with Gasteiger partial charge in [0.25, 0.3) is 0 Å². The molecule has 0 N–H and O–H groups in total. The normalized spacial score (nSPS) is 18.3. The highest BCUT2D eigenvalue weighted by atomic mass is 32.1. The van der Waals surface area contributed by atoms with E-state index in [0.29, 0.717) is 25.5 Å². The summed E-state index contributed by atoms with van der Waals surface area (Å²) in [7, 11) is 2.81. The Bertz CT molecular complexity index is 950. The van der Waals surface area contributed by atoms with Gasteiger partial charge >= 0.3 is 6.09 Å². The van der Waals surface area contributed by atoms with Crippen molar-refractivity contribution >= 4 is 25.5 Å². The molecule has 1 unspecified atom stereocenters. The zero-order chi connectivity index (χ0) is 26.8. The smallest absolute Gasteiger partial charge is 0.409 e. The Morgan fingerprint density at radius 1 is 1.16 bits per heavy atom. The molecule has 1 aliphatic rings. The number of ether oxygens (including phenoxy) is 2. The van der Waals surface area contributed by atoms with Crippen LogP contribution in [0, 0.1) is 5.92 Å². The number of rotatable bonds is 12. The van der Waals surface area contributed by atoms with Crippen molar-refractivity contribution in [3.63, 3.8) is 0 Å². The van der Waals surface area contributed by atoms with Gasteiger partial charge in [0.1, 0.15) is 11.9 Å². The highest BCUT2D eigenvalue weighted by molar-refractivity contribution is 7.10. The van der Waals surface area contributed by atoms with E-state index >= 15 is 0 Å². The molecule has 3 rings (SSSR count). The first kappa shape index (κ1) is 29.7. The topological polar surface area (TPSA) is 45.2 Å². The number of carbonyl (C=O) groups is 1. The maximum Gasteiger partial charge on any atom is 0.409 e. The fourth-order valence-electron chi connectivity index (χ4n) is 4.68. The molecule has 6 nitrogen and oxygen atoms in total. The quantitative estimate of drug-likeness (QED) is 0.302. The van der Waals surface area contributed by atoms with Crippen molar-refractivity contribution in [1.82, 2.24) is 14.7 Å². The molecule has 1 fully saturated rings. The van der Waals surface area contributed by atoms with Crippen LogP contribution in [0.5, 0.6) is 5.75 Å². The number of hydrogen-bond acceptors (Lipinski definition) is 6. The summed E-state index contributed by atoms with van der Waals surface area (Å²) < 4.78 is 12.2. The van der Waals surface area contributed by atoms with Gasteiger partial charge in [0.05, 0.1) is 6.61 Å².